The van der Waals surface area contributed by atoms with Gasteiger partial charge in [-0.1, -0.05) is 54.1 Å². The van der Waals surface area contributed by atoms with Crippen LogP contribution in [-0.4, -0.2) is 62.0 Å². The van der Waals surface area contributed by atoms with Crippen molar-refractivity contribution in [3.63, 3.8) is 0 Å². The van der Waals surface area contributed by atoms with Gasteiger partial charge < -0.3 is 9.84 Å². The summed E-state index contributed by atoms with van der Waals surface area (Å²) in [6.07, 6.45) is 0.105. The summed E-state index contributed by atoms with van der Waals surface area (Å²) in [5, 5.41) is 10.8. The number of aryl methyl sites for hydroxylation is 1. The molecular formula is C27H30N2O5S. The quantitative estimate of drug-likeness (QED) is 0.506. The number of aromatic hydroxyl groups is 1. The Kier molecular flexibility index (Phi) is 7.54. The molecule has 7 nitrogen and oxygen atoms in total. The molecule has 1 heterocycles. The lowest BCUT2D eigenvalue weighted by molar-refractivity contribution is -0.139. The van der Waals surface area contributed by atoms with Gasteiger partial charge >= 0.3 is 5.97 Å². The molecule has 3 aromatic carbocycles. The van der Waals surface area contributed by atoms with Gasteiger partial charge in [-0.05, 0) is 42.3 Å². The summed E-state index contributed by atoms with van der Waals surface area (Å²) in [6.45, 7) is 3.58. The van der Waals surface area contributed by atoms with Crippen LogP contribution in [0.5, 0.6) is 5.75 Å². The highest BCUT2D eigenvalue weighted by molar-refractivity contribution is 7.89. The third kappa shape index (κ3) is 5.56. The molecule has 0 radical (unpaired) electrons. The molecule has 1 aliphatic heterocycles. The number of rotatable bonds is 7. The molecular weight excluding hydrogens is 464 g/mol. The Bertz CT molecular complexity index is 1270. The number of sulfonamides is 1. The van der Waals surface area contributed by atoms with E-state index < -0.39 is 10.0 Å². The average molecular weight is 495 g/mol. The second kappa shape index (κ2) is 10.6. The number of phenolic OH excluding ortho intramolecular Hbond substituents is 1. The summed E-state index contributed by atoms with van der Waals surface area (Å²) < 4.78 is 32.7. The van der Waals surface area contributed by atoms with Gasteiger partial charge in [-0.25, -0.2) is 8.42 Å². The number of piperazine rings is 1. The number of methoxy groups -OCH3 is 1. The molecule has 0 saturated carbocycles. The third-order valence-electron chi connectivity index (χ3n) is 6.38. The number of hydrogen-bond donors (Lipinski definition) is 1. The predicted octanol–water partition coefficient (Wildman–Crippen LogP) is 3.51. The Morgan fingerprint density at radius 3 is 2.26 bits per heavy atom. The van der Waals surface area contributed by atoms with Crippen LogP contribution in [0.25, 0.3) is 0 Å². The lowest BCUT2D eigenvalue weighted by Gasteiger charge is -2.39. The van der Waals surface area contributed by atoms with Crippen LogP contribution in [0.1, 0.15) is 28.3 Å². The highest BCUT2D eigenvalue weighted by atomic mass is 32.2. The van der Waals surface area contributed by atoms with Crippen LogP contribution in [0.4, 0.5) is 0 Å². The minimum atomic E-state index is -3.58. The maximum Gasteiger partial charge on any atom is 0.309 e. The molecule has 1 aliphatic rings. The number of phenols is 1. The van der Waals surface area contributed by atoms with Crippen molar-refractivity contribution in [2.24, 2.45) is 0 Å². The zero-order chi connectivity index (χ0) is 25.0. The molecule has 0 aliphatic carbocycles. The van der Waals surface area contributed by atoms with E-state index in [2.05, 4.69) is 4.90 Å². The molecule has 1 saturated heterocycles. The van der Waals surface area contributed by atoms with E-state index in [4.69, 9.17) is 4.74 Å². The van der Waals surface area contributed by atoms with E-state index >= 15 is 0 Å². The maximum atomic E-state index is 13.2. The molecule has 1 atom stereocenters. The standard InChI is InChI=1S/C27H30N2O5S/c1-20-8-11-23(12-9-20)35(32,33)29-16-14-28(15-17-29)27(22-6-4-3-5-7-22)24-18-21(10-13-25(24)30)19-26(31)34-2/h3-13,18,27,30H,14-17,19H2,1-2H3. The Hall–Kier alpha value is -3.20. The molecule has 1 fully saturated rings. The van der Waals surface area contributed by atoms with Crippen molar-refractivity contribution >= 4 is 16.0 Å². The minimum absolute atomic E-state index is 0.105. The average Bonchev–Trinajstić information content (AvgIpc) is 2.87. The van der Waals surface area contributed by atoms with Crippen molar-refractivity contribution in [3.05, 3.63) is 95.1 Å². The molecule has 3 aromatic rings. The van der Waals surface area contributed by atoms with Crippen LogP contribution in [0.2, 0.25) is 0 Å². The van der Waals surface area contributed by atoms with Crippen molar-refractivity contribution in [3.8, 4) is 5.75 Å². The van der Waals surface area contributed by atoms with Crippen LogP contribution in [0.15, 0.2) is 77.7 Å². The van der Waals surface area contributed by atoms with E-state index in [1.54, 1.807) is 36.4 Å². The number of ether oxygens (including phenoxy) is 1. The van der Waals surface area contributed by atoms with E-state index in [0.29, 0.717) is 36.6 Å². The zero-order valence-corrected chi connectivity index (χ0v) is 20.7. The van der Waals surface area contributed by atoms with Crippen molar-refractivity contribution in [2.75, 3.05) is 33.3 Å². The van der Waals surface area contributed by atoms with Crippen LogP contribution in [0.3, 0.4) is 0 Å². The normalized spacial score (nSPS) is 16.1. The van der Waals surface area contributed by atoms with Crippen molar-refractivity contribution in [2.45, 2.75) is 24.3 Å². The smallest absolute Gasteiger partial charge is 0.309 e. The molecule has 1 unspecified atom stereocenters. The summed E-state index contributed by atoms with van der Waals surface area (Å²) in [5.74, 6) is -0.227. The molecule has 1 N–H and O–H groups in total. The molecule has 0 bridgehead atoms. The van der Waals surface area contributed by atoms with Gasteiger partial charge in [-0.2, -0.15) is 4.31 Å². The SMILES string of the molecule is COC(=O)Cc1ccc(O)c(C(c2ccccc2)N2CCN(S(=O)(=O)c3ccc(C)cc3)CC2)c1. The fraction of sp³-hybridized carbons (Fsp3) is 0.296. The largest absolute Gasteiger partial charge is 0.508 e. The number of hydrogen-bond acceptors (Lipinski definition) is 6. The fourth-order valence-corrected chi connectivity index (χ4v) is 5.88. The van der Waals surface area contributed by atoms with Gasteiger partial charge in [-0.3, -0.25) is 9.69 Å². The first kappa shape index (κ1) is 24.9. The topological polar surface area (TPSA) is 87.2 Å². The maximum absolute atomic E-state index is 13.2. The molecule has 35 heavy (non-hydrogen) atoms. The summed E-state index contributed by atoms with van der Waals surface area (Å²) in [6, 6.07) is 21.6. The first-order chi connectivity index (χ1) is 16.8. The van der Waals surface area contributed by atoms with E-state index in [1.165, 1.54) is 11.4 Å². The predicted molar refractivity (Wildman–Crippen MR) is 134 cm³/mol. The molecule has 0 amide bonds. The number of carbonyl (C=O) groups excluding carboxylic acids is 1. The third-order valence-corrected chi connectivity index (χ3v) is 8.29. The Balaban J connectivity index is 1.61. The van der Waals surface area contributed by atoms with Crippen molar-refractivity contribution < 1.29 is 23.1 Å². The minimum Gasteiger partial charge on any atom is -0.508 e. The molecule has 0 spiro atoms. The highest BCUT2D eigenvalue weighted by Gasteiger charge is 2.33. The Morgan fingerprint density at radius 2 is 1.63 bits per heavy atom. The molecule has 184 valence electrons. The monoisotopic (exact) mass is 494 g/mol. The van der Waals surface area contributed by atoms with E-state index in [0.717, 1.165) is 16.7 Å². The summed E-state index contributed by atoms with van der Waals surface area (Å²) in [5.41, 5.74) is 3.40. The van der Waals surface area contributed by atoms with Gasteiger partial charge in [0.2, 0.25) is 10.0 Å². The summed E-state index contributed by atoms with van der Waals surface area (Å²) >= 11 is 0. The van der Waals surface area contributed by atoms with Gasteiger partial charge in [0.05, 0.1) is 24.5 Å². The lowest BCUT2D eigenvalue weighted by Crippen LogP contribution is -2.49. The molecule has 8 heteroatoms. The lowest BCUT2D eigenvalue weighted by atomic mass is 9.93. The second-order valence-electron chi connectivity index (χ2n) is 8.71. The van der Waals surface area contributed by atoms with Gasteiger partial charge in [0.1, 0.15) is 5.75 Å². The van der Waals surface area contributed by atoms with Crippen LogP contribution in [-0.2, 0) is 26.0 Å². The van der Waals surface area contributed by atoms with Gasteiger partial charge in [-0.15, -0.1) is 0 Å². The Labute approximate surface area is 206 Å². The fourth-order valence-electron chi connectivity index (χ4n) is 4.46. The molecule has 0 aromatic heterocycles. The second-order valence-corrected chi connectivity index (χ2v) is 10.7. The number of benzene rings is 3. The van der Waals surface area contributed by atoms with Gasteiger partial charge in [0.15, 0.2) is 0 Å². The molecule has 4 rings (SSSR count). The number of esters is 1. The van der Waals surface area contributed by atoms with Crippen LogP contribution < -0.4 is 0 Å². The van der Waals surface area contributed by atoms with E-state index in [9.17, 15) is 18.3 Å². The number of nitrogens with zero attached hydrogens (tertiary/aromatic N) is 2. The van der Waals surface area contributed by atoms with Crippen LogP contribution in [0, 0.1) is 6.92 Å². The van der Waals surface area contributed by atoms with E-state index in [-0.39, 0.29) is 24.2 Å². The summed E-state index contributed by atoms with van der Waals surface area (Å²) in [4.78, 5) is 14.3. The first-order valence-corrected chi connectivity index (χ1v) is 13.0. The zero-order valence-electron chi connectivity index (χ0n) is 19.9. The Morgan fingerprint density at radius 1 is 0.971 bits per heavy atom. The summed E-state index contributed by atoms with van der Waals surface area (Å²) in [7, 11) is -2.23. The van der Waals surface area contributed by atoms with E-state index in [1.807, 2.05) is 43.3 Å². The van der Waals surface area contributed by atoms with Crippen molar-refractivity contribution in [1.82, 2.24) is 9.21 Å². The van der Waals surface area contributed by atoms with Gasteiger partial charge in [0, 0.05) is 31.7 Å². The van der Waals surface area contributed by atoms with Crippen molar-refractivity contribution in [1.29, 1.82) is 0 Å². The highest BCUT2D eigenvalue weighted by Crippen LogP contribution is 2.36. The van der Waals surface area contributed by atoms with Crippen LogP contribution >= 0.6 is 0 Å². The van der Waals surface area contributed by atoms with Gasteiger partial charge in [0.25, 0.3) is 0 Å². The number of carbonyl (C=O) groups is 1. The first-order valence-electron chi connectivity index (χ1n) is 11.5.